The van der Waals surface area contributed by atoms with Crippen LogP contribution in [0.4, 0.5) is 8.78 Å². The minimum atomic E-state index is -1.000. The Bertz CT molecular complexity index is 412. The molecule has 1 aromatic carbocycles. The Hall–Kier alpha value is -1.69. The summed E-state index contributed by atoms with van der Waals surface area (Å²) in [6, 6.07) is 2.12. The summed E-state index contributed by atoms with van der Waals surface area (Å²) in [5.74, 6) is -2.49. The summed E-state index contributed by atoms with van der Waals surface area (Å²) in [6.07, 6.45) is 0.166. The third-order valence-electron chi connectivity index (χ3n) is 2.31. The van der Waals surface area contributed by atoms with E-state index in [1.54, 1.807) is 6.92 Å². The van der Waals surface area contributed by atoms with Crippen LogP contribution in [-0.4, -0.2) is 30.3 Å². The highest BCUT2D eigenvalue weighted by Crippen LogP contribution is 2.18. The lowest BCUT2D eigenvalue weighted by Gasteiger charge is -2.13. The lowest BCUT2D eigenvalue weighted by Crippen LogP contribution is -2.37. The average molecular weight is 259 g/mol. The summed E-state index contributed by atoms with van der Waals surface area (Å²) < 4.78 is 31.0. The maximum absolute atomic E-state index is 13.2. The monoisotopic (exact) mass is 259 g/mol. The van der Waals surface area contributed by atoms with Crippen LogP contribution in [0, 0.1) is 11.6 Å². The summed E-state index contributed by atoms with van der Waals surface area (Å²) >= 11 is 0. The second kappa shape index (κ2) is 6.90. The van der Waals surface area contributed by atoms with Crippen LogP contribution in [0.15, 0.2) is 18.2 Å². The molecule has 0 fully saturated rings. The molecule has 0 saturated carbocycles. The van der Waals surface area contributed by atoms with Crippen LogP contribution in [0.1, 0.15) is 13.3 Å². The van der Waals surface area contributed by atoms with Gasteiger partial charge in [0.25, 0.3) is 0 Å². The first-order valence-electron chi connectivity index (χ1n) is 5.58. The van der Waals surface area contributed by atoms with Crippen molar-refractivity contribution in [3.63, 3.8) is 0 Å². The molecule has 1 atom stereocenters. The summed E-state index contributed by atoms with van der Waals surface area (Å²) in [7, 11) is 0. The summed E-state index contributed by atoms with van der Waals surface area (Å²) in [5, 5.41) is 11.6. The van der Waals surface area contributed by atoms with Crippen LogP contribution in [0.3, 0.4) is 0 Å². The molecule has 0 aliphatic carbocycles. The highest BCUT2D eigenvalue weighted by atomic mass is 19.1. The van der Waals surface area contributed by atoms with Crippen molar-refractivity contribution in [2.45, 2.75) is 19.4 Å². The topological polar surface area (TPSA) is 58.6 Å². The van der Waals surface area contributed by atoms with E-state index in [0.717, 1.165) is 18.2 Å². The maximum atomic E-state index is 13.2. The number of ether oxygens (including phenoxy) is 1. The largest absolute Gasteiger partial charge is 0.490 e. The average Bonchev–Trinajstić information content (AvgIpc) is 2.32. The molecule has 1 rings (SSSR count). The van der Waals surface area contributed by atoms with Gasteiger partial charge in [-0.25, -0.2) is 8.78 Å². The van der Waals surface area contributed by atoms with Crippen LogP contribution in [0.2, 0.25) is 0 Å². The van der Waals surface area contributed by atoms with Crippen molar-refractivity contribution in [1.82, 2.24) is 5.32 Å². The second-order valence-electron chi connectivity index (χ2n) is 3.66. The Kier molecular flexibility index (Phi) is 5.51. The van der Waals surface area contributed by atoms with E-state index in [9.17, 15) is 13.6 Å². The fourth-order valence-electron chi connectivity index (χ4n) is 1.43. The van der Waals surface area contributed by atoms with Crippen molar-refractivity contribution < 1.29 is 23.4 Å². The van der Waals surface area contributed by atoms with Gasteiger partial charge >= 0.3 is 5.97 Å². The first-order chi connectivity index (χ1) is 8.54. The minimum Gasteiger partial charge on any atom is -0.490 e. The molecule has 18 heavy (non-hydrogen) atoms. The van der Waals surface area contributed by atoms with Crippen LogP contribution in [-0.2, 0) is 4.79 Å². The number of hydrogen-bond donors (Lipinski definition) is 2. The van der Waals surface area contributed by atoms with Gasteiger partial charge in [-0.3, -0.25) is 4.79 Å². The summed E-state index contributed by atoms with van der Waals surface area (Å²) in [4.78, 5) is 10.8. The van der Waals surface area contributed by atoms with E-state index in [0.29, 0.717) is 6.54 Å². The second-order valence-corrected chi connectivity index (χ2v) is 3.66. The van der Waals surface area contributed by atoms with Gasteiger partial charge in [-0.15, -0.1) is 0 Å². The number of rotatable bonds is 7. The number of aliphatic carboxylic acids is 1. The molecule has 2 N–H and O–H groups in total. The molecule has 0 aromatic heterocycles. The summed E-state index contributed by atoms with van der Waals surface area (Å²) in [5.41, 5.74) is 0. The molecule has 0 saturated heterocycles. The van der Waals surface area contributed by atoms with Crippen LogP contribution in [0.25, 0.3) is 0 Å². The Morgan fingerprint density at radius 1 is 1.50 bits per heavy atom. The maximum Gasteiger partial charge on any atom is 0.320 e. The predicted molar refractivity (Wildman–Crippen MR) is 61.6 cm³/mol. The van der Waals surface area contributed by atoms with Crippen molar-refractivity contribution in [2.75, 3.05) is 13.2 Å². The Balaban J connectivity index is 2.49. The lowest BCUT2D eigenvalue weighted by molar-refractivity contribution is -0.139. The van der Waals surface area contributed by atoms with Crippen LogP contribution >= 0.6 is 0 Å². The van der Waals surface area contributed by atoms with E-state index in [2.05, 4.69) is 5.32 Å². The van der Waals surface area contributed by atoms with Gasteiger partial charge < -0.3 is 15.2 Å². The summed E-state index contributed by atoms with van der Waals surface area (Å²) in [6.45, 7) is 2.28. The molecule has 0 aliphatic heterocycles. The van der Waals surface area contributed by atoms with Gasteiger partial charge in [-0.05, 0) is 18.7 Å². The standard InChI is InChI=1S/C12H15F2NO3/c1-2-15-10(12(16)17)5-6-18-11-7-8(13)3-4-9(11)14/h3-4,7,10,15H,2,5-6H2,1H3,(H,16,17). The molecule has 0 aliphatic rings. The Morgan fingerprint density at radius 3 is 2.83 bits per heavy atom. The van der Waals surface area contributed by atoms with Gasteiger partial charge in [0, 0.05) is 12.5 Å². The van der Waals surface area contributed by atoms with E-state index in [1.165, 1.54) is 0 Å². The zero-order chi connectivity index (χ0) is 13.5. The quantitative estimate of drug-likeness (QED) is 0.784. The molecule has 6 heteroatoms. The van der Waals surface area contributed by atoms with E-state index < -0.39 is 23.6 Å². The smallest absolute Gasteiger partial charge is 0.320 e. The molecule has 1 unspecified atom stereocenters. The predicted octanol–water partition coefficient (Wildman–Crippen LogP) is 1.80. The van der Waals surface area contributed by atoms with E-state index in [-0.39, 0.29) is 18.8 Å². The first-order valence-corrected chi connectivity index (χ1v) is 5.58. The van der Waals surface area contributed by atoms with Gasteiger partial charge in [-0.2, -0.15) is 0 Å². The molecule has 0 radical (unpaired) electrons. The number of halogens is 2. The first kappa shape index (κ1) is 14.4. The van der Waals surface area contributed by atoms with Gasteiger partial charge in [0.05, 0.1) is 6.61 Å². The van der Waals surface area contributed by atoms with E-state index in [1.807, 2.05) is 0 Å². The number of hydrogen-bond acceptors (Lipinski definition) is 3. The fraction of sp³-hybridized carbons (Fsp3) is 0.417. The van der Waals surface area contributed by atoms with E-state index >= 15 is 0 Å². The van der Waals surface area contributed by atoms with Crippen LogP contribution in [0.5, 0.6) is 5.75 Å². The molecular weight excluding hydrogens is 244 g/mol. The zero-order valence-corrected chi connectivity index (χ0v) is 9.95. The number of likely N-dealkylation sites (N-methyl/N-ethyl adjacent to an activating group) is 1. The number of benzene rings is 1. The number of carboxylic acid groups (broad SMARTS) is 1. The van der Waals surface area contributed by atoms with Gasteiger partial charge in [0.1, 0.15) is 11.9 Å². The van der Waals surface area contributed by atoms with Crippen molar-refractivity contribution in [1.29, 1.82) is 0 Å². The highest BCUT2D eigenvalue weighted by molar-refractivity contribution is 5.73. The third-order valence-corrected chi connectivity index (χ3v) is 2.31. The van der Waals surface area contributed by atoms with Gasteiger partial charge in [0.15, 0.2) is 11.6 Å². The molecule has 0 spiro atoms. The van der Waals surface area contributed by atoms with Gasteiger partial charge in [0.2, 0.25) is 0 Å². The zero-order valence-electron chi connectivity index (χ0n) is 9.95. The van der Waals surface area contributed by atoms with Crippen molar-refractivity contribution in [2.24, 2.45) is 0 Å². The Morgan fingerprint density at radius 2 is 2.22 bits per heavy atom. The molecular formula is C12H15F2NO3. The lowest BCUT2D eigenvalue weighted by atomic mass is 10.2. The molecule has 1 aromatic rings. The highest BCUT2D eigenvalue weighted by Gasteiger charge is 2.16. The fourth-order valence-corrected chi connectivity index (χ4v) is 1.43. The van der Waals surface area contributed by atoms with Crippen molar-refractivity contribution >= 4 is 5.97 Å². The van der Waals surface area contributed by atoms with Crippen molar-refractivity contribution in [3.05, 3.63) is 29.8 Å². The van der Waals surface area contributed by atoms with Gasteiger partial charge in [-0.1, -0.05) is 6.92 Å². The van der Waals surface area contributed by atoms with E-state index in [4.69, 9.17) is 9.84 Å². The number of nitrogens with one attached hydrogen (secondary N) is 1. The van der Waals surface area contributed by atoms with Crippen molar-refractivity contribution in [3.8, 4) is 5.75 Å². The number of carboxylic acids is 1. The molecule has 0 bridgehead atoms. The Labute approximate surface area is 104 Å². The minimum absolute atomic E-state index is 0.00958. The molecule has 0 amide bonds. The number of carbonyl (C=O) groups is 1. The molecule has 0 heterocycles. The normalized spacial score (nSPS) is 12.2. The van der Waals surface area contributed by atoms with Crippen LogP contribution < -0.4 is 10.1 Å². The molecule has 100 valence electrons. The molecule has 4 nitrogen and oxygen atoms in total. The SMILES string of the molecule is CCNC(CCOc1cc(F)ccc1F)C(=O)O. The third kappa shape index (κ3) is 4.29.